The second-order valence-electron chi connectivity index (χ2n) is 3.81. The van der Waals surface area contributed by atoms with Crippen LogP contribution in [0.1, 0.15) is 12.8 Å². The average molecular weight is 256 g/mol. The highest BCUT2D eigenvalue weighted by atomic mass is 32.2. The fourth-order valence-corrected chi connectivity index (χ4v) is 3.44. The monoisotopic (exact) mass is 256 g/mol. The van der Waals surface area contributed by atoms with E-state index >= 15 is 0 Å². The smallest absolute Gasteiger partial charge is 0.248 e. The van der Waals surface area contributed by atoms with E-state index in [9.17, 15) is 13.2 Å². The lowest BCUT2D eigenvalue weighted by atomic mass is 10.3. The molecule has 1 aliphatic heterocycles. The van der Waals surface area contributed by atoms with Crippen LogP contribution in [-0.2, 0) is 21.9 Å². The van der Waals surface area contributed by atoms with Gasteiger partial charge in [-0.05, 0) is 12.8 Å². The number of aryl methyl sites for hydroxylation is 1. The third-order valence-corrected chi connectivity index (χ3v) is 4.51. The number of isocyanates is 1. The van der Waals surface area contributed by atoms with E-state index in [2.05, 4.69) is 10.1 Å². The summed E-state index contributed by atoms with van der Waals surface area (Å²) in [6, 6.07) is 0. The van der Waals surface area contributed by atoms with Gasteiger partial charge in [-0.25, -0.2) is 13.2 Å². The zero-order valence-corrected chi connectivity index (χ0v) is 10.1. The summed E-state index contributed by atoms with van der Waals surface area (Å²) in [4.78, 5) is 13.9. The quantitative estimate of drug-likeness (QED) is 0.557. The Hall–Kier alpha value is -1.50. The molecule has 1 aromatic rings. The normalized spacial score (nSPS) is 21.4. The Morgan fingerprint density at radius 1 is 1.59 bits per heavy atom. The molecular weight excluding hydrogens is 244 g/mol. The fourth-order valence-electron chi connectivity index (χ4n) is 1.86. The molecule has 0 aromatic carbocycles. The van der Waals surface area contributed by atoms with Crippen molar-refractivity contribution in [3.63, 3.8) is 0 Å². The molecular formula is C9H12N4O3S. The highest BCUT2D eigenvalue weighted by Crippen LogP contribution is 2.25. The Balaban J connectivity index is 2.35. The van der Waals surface area contributed by atoms with E-state index in [0.717, 1.165) is 0 Å². The molecule has 17 heavy (non-hydrogen) atoms. The lowest BCUT2D eigenvalue weighted by molar-refractivity contribution is 0.395. The molecule has 0 N–H and O–H groups in total. The standard InChI is InChI=1S/C9H12N4O3S/c1-12-6-8(5-11-12)17(15,16)13-4-2-3-9(13)10-7-14/h5-6,9H,2-4H2,1H3. The van der Waals surface area contributed by atoms with E-state index in [1.165, 1.54) is 27.5 Å². The maximum absolute atomic E-state index is 12.2. The van der Waals surface area contributed by atoms with Gasteiger partial charge in [0.1, 0.15) is 11.1 Å². The fraction of sp³-hybridized carbons (Fsp3) is 0.556. The van der Waals surface area contributed by atoms with Crippen molar-refractivity contribution in [2.24, 2.45) is 12.0 Å². The topological polar surface area (TPSA) is 84.6 Å². The summed E-state index contributed by atoms with van der Waals surface area (Å²) in [5, 5.41) is 3.83. The number of hydrogen-bond acceptors (Lipinski definition) is 5. The molecule has 8 heteroatoms. The first-order valence-electron chi connectivity index (χ1n) is 5.13. The highest BCUT2D eigenvalue weighted by molar-refractivity contribution is 7.89. The van der Waals surface area contributed by atoms with Crippen molar-refractivity contribution >= 4 is 16.1 Å². The van der Waals surface area contributed by atoms with E-state index in [4.69, 9.17) is 0 Å². The van der Waals surface area contributed by atoms with Crippen LogP contribution >= 0.6 is 0 Å². The van der Waals surface area contributed by atoms with Crippen LogP contribution in [0.3, 0.4) is 0 Å². The molecule has 2 rings (SSSR count). The third kappa shape index (κ3) is 2.14. The second-order valence-corrected chi connectivity index (χ2v) is 5.70. The van der Waals surface area contributed by atoms with Crippen LogP contribution in [0.5, 0.6) is 0 Å². The summed E-state index contributed by atoms with van der Waals surface area (Å²) >= 11 is 0. The molecule has 92 valence electrons. The van der Waals surface area contributed by atoms with Gasteiger partial charge in [0.2, 0.25) is 16.1 Å². The van der Waals surface area contributed by atoms with Crippen molar-refractivity contribution in [2.45, 2.75) is 23.9 Å². The molecule has 0 bridgehead atoms. The molecule has 0 amide bonds. The van der Waals surface area contributed by atoms with Crippen molar-refractivity contribution in [2.75, 3.05) is 6.54 Å². The first kappa shape index (κ1) is 12.0. The molecule has 0 saturated carbocycles. The Morgan fingerprint density at radius 3 is 2.94 bits per heavy atom. The summed E-state index contributed by atoms with van der Waals surface area (Å²) in [6.07, 6.45) is 4.74. The van der Waals surface area contributed by atoms with Crippen LogP contribution in [0, 0.1) is 0 Å². The molecule has 1 aliphatic rings. The number of carbonyl (C=O) groups excluding carboxylic acids is 1. The number of hydrogen-bond donors (Lipinski definition) is 0. The van der Waals surface area contributed by atoms with Crippen LogP contribution in [-0.4, -0.2) is 41.3 Å². The molecule has 7 nitrogen and oxygen atoms in total. The van der Waals surface area contributed by atoms with Gasteiger partial charge in [0.05, 0.1) is 6.20 Å². The first-order valence-corrected chi connectivity index (χ1v) is 6.57. The second kappa shape index (κ2) is 4.40. The van der Waals surface area contributed by atoms with Crippen LogP contribution in [0.2, 0.25) is 0 Å². The third-order valence-electron chi connectivity index (χ3n) is 2.66. The van der Waals surface area contributed by atoms with E-state index in [1.54, 1.807) is 7.05 Å². The van der Waals surface area contributed by atoms with Gasteiger partial charge in [0.25, 0.3) is 0 Å². The predicted molar refractivity (Wildman–Crippen MR) is 58.2 cm³/mol. The minimum Gasteiger partial charge on any atom is -0.274 e. The van der Waals surface area contributed by atoms with Gasteiger partial charge in [0, 0.05) is 19.8 Å². The minimum absolute atomic E-state index is 0.119. The van der Waals surface area contributed by atoms with Gasteiger partial charge < -0.3 is 0 Å². The van der Waals surface area contributed by atoms with Gasteiger partial charge in [-0.15, -0.1) is 0 Å². The van der Waals surface area contributed by atoms with Crippen LogP contribution < -0.4 is 0 Å². The lowest BCUT2D eigenvalue weighted by Crippen LogP contribution is -2.34. The zero-order valence-electron chi connectivity index (χ0n) is 9.28. The van der Waals surface area contributed by atoms with Crippen LogP contribution in [0.4, 0.5) is 0 Å². The van der Waals surface area contributed by atoms with Gasteiger partial charge in [-0.1, -0.05) is 0 Å². The average Bonchev–Trinajstić information content (AvgIpc) is 2.87. The van der Waals surface area contributed by atoms with Crippen LogP contribution in [0.25, 0.3) is 0 Å². The largest absolute Gasteiger partial charge is 0.274 e. The van der Waals surface area contributed by atoms with E-state index < -0.39 is 16.2 Å². The molecule has 0 aliphatic carbocycles. The minimum atomic E-state index is -3.61. The van der Waals surface area contributed by atoms with E-state index in [-0.39, 0.29) is 4.90 Å². The number of nitrogens with zero attached hydrogens (tertiary/aromatic N) is 4. The number of aromatic nitrogens is 2. The van der Waals surface area contributed by atoms with Gasteiger partial charge in [-0.3, -0.25) is 4.68 Å². The molecule has 1 fully saturated rings. The van der Waals surface area contributed by atoms with Gasteiger partial charge in [-0.2, -0.15) is 14.4 Å². The molecule has 1 saturated heterocycles. The van der Waals surface area contributed by atoms with E-state index in [0.29, 0.717) is 19.4 Å². The highest BCUT2D eigenvalue weighted by Gasteiger charge is 2.35. The molecule has 1 aromatic heterocycles. The summed E-state index contributed by atoms with van der Waals surface area (Å²) in [5.74, 6) is 0. The van der Waals surface area contributed by atoms with Crippen LogP contribution in [0.15, 0.2) is 22.3 Å². The summed E-state index contributed by atoms with van der Waals surface area (Å²) in [7, 11) is -1.97. The SMILES string of the molecule is Cn1cc(S(=O)(=O)N2CCCC2N=C=O)cn1. The maximum atomic E-state index is 12.2. The number of sulfonamides is 1. The van der Waals surface area contributed by atoms with Crippen molar-refractivity contribution in [3.8, 4) is 0 Å². The van der Waals surface area contributed by atoms with Crippen molar-refractivity contribution in [1.82, 2.24) is 14.1 Å². The molecule has 0 radical (unpaired) electrons. The molecule has 2 heterocycles. The summed E-state index contributed by atoms with van der Waals surface area (Å²) in [6.45, 7) is 0.368. The lowest BCUT2D eigenvalue weighted by Gasteiger charge is -2.18. The Kier molecular flexibility index (Phi) is 3.10. The Morgan fingerprint density at radius 2 is 2.35 bits per heavy atom. The van der Waals surface area contributed by atoms with Crippen molar-refractivity contribution < 1.29 is 13.2 Å². The van der Waals surface area contributed by atoms with Crippen molar-refractivity contribution in [1.29, 1.82) is 0 Å². The Bertz CT molecular complexity index is 559. The molecule has 1 atom stereocenters. The summed E-state index contributed by atoms with van der Waals surface area (Å²) in [5.41, 5.74) is 0. The number of aliphatic imine (C=N–C) groups is 1. The molecule has 0 spiro atoms. The maximum Gasteiger partial charge on any atom is 0.248 e. The van der Waals surface area contributed by atoms with Gasteiger partial charge >= 0.3 is 0 Å². The predicted octanol–water partition coefficient (Wildman–Crippen LogP) is -0.134. The van der Waals surface area contributed by atoms with Crippen molar-refractivity contribution in [3.05, 3.63) is 12.4 Å². The van der Waals surface area contributed by atoms with E-state index in [1.807, 2.05) is 0 Å². The zero-order chi connectivity index (χ0) is 12.5. The summed E-state index contributed by atoms with van der Waals surface area (Å²) < 4.78 is 27.1. The Labute approximate surface area is 98.8 Å². The van der Waals surface area contributed by atoms with Gasteiger partial charge in [0.15, 0.2) is 0 Å². The number of rotatable bonds is 3. The first-order chi connectivity index (χ1) is 8.05. The molecule has 1 unspecified atom stereocenters.